The second kappa shape index (κ2) is 10.8. The number of anilines is 2. The Kier molecular flexibility index (Phi) is 7.58. The molecule has 4 atom stereocenters. The van der Waals surface area contributed by atoms with E-state index < -0.39 is 21.7 Å². The standard InChI is InChI=1S/C28H35FN6O3S/c1-17-10-19(12-20(30)11-17)22-6-7-31-15-26(22)33-28(36)23-4-5-25(29)24-13-21(14-32-27(23)24)35-9-8-34(16-18(35)2)39(3,37)38/h4-7,13-15,17-20H,8-12,16,30H2,1-3H3,(H,33,36)/t17-,18?,19+,20-/m0/s1. The van der Waals surface area contributed by atoms with Gasteiger partial charge in [-0.25, -0.2) is 12.8 Å². The smallest absolute Gasteiger partial charge is 0.257 e. The average molecular weight is 555 g/mol. The van der Waals surface area contributed by atoms with Gasteiger partial charge < -0.3 is 16.0 Å². The third-order valence-electron chi connectivity index (χ3n) is 7.94. The molecule has 1 amide bonds. The molecule has 0 bridgehead atoms. The molecule has 0 spiro atoms. The SMILES string of the molecule is CC1CN(S(C)(=O)=O)CCN1c1cnc2c(C(=O)Nc3cnccc3[C@@H]3C[C@H](C)C[C@H](N)C3)ccc(F)c2c1. The Morgan fingerprint density at radius 2 is 1.92 bits per heavy atom. The molecule has 1 unspecified atom stereocenters. The second-order valence-electron chi connectivity index (χ2n) is 11.0. The molecule has 208 valence electrons. The first-order valence-electron chi connectivity index (χ1n) is 13.3. The molecule has 9 nitrogen and oxygen atoms in total. The zero-order valence-corrected chi connectivity index (χ0v) is 23.3. The predicted octanol–water partition coefficient (Wildman–Crippen LogP) is 3.72. The summed E-state index contributed by atoms with van der Waals surface area (Å²) in [6.45, 7) is 5.25. The minimum atomic E-state index is -3.29. The summed E-state index contributed by atoms with van der Waals surface area (Å²) in [7, 11) is -3.29. The van der Waals surface area contributed by atoms with Crippen LogP contribution in [0.5, 0.6) is 0 Å². The van der Waals surface area contributed by atoms with Crippen LogP contribution in [0.4, 0.5) is 15.8 Å². The van der Waals surface area contributed by atoms with Crippen molar-refractivity contribution in [3.8, 4) is 0 Å². The Morgan fingerprint density at radius 3 is 2.64 bits per heavy atom. The van der Waals surface area contributed by atoms with Gasteiger partial charge >= 0.3 is 0 Å². The van der Waals surface area contributed by atoms with Crippen molar-refractivity contribution in [1.82, 2.24) is 14.3 Å². The summed E-state index contributed by atoms with van der Waals surface area (Å²) in [4.78, 5) is 24.2. The summed E-state index contributed by atoms with van der Waals surface area (Å²) in [5, 5.41) is 3.22. The number of carbonyl (C=O) groups is 1. The van der Waals surface area contributed by atoms with Crippen molar-refractivity contribution in [1.29, 1.82) is 0 Å². The highest BCUT2D eigenvalue weighted by Crippen LogP contribution is 2.38. The van der Waals surface area contributed by atoms with Gasteiger partial charge in [0.25, 0.3) is 5.91 Å². The minimum absolute atomic E-state index is 0.118. The highest BCUT2D eigenvalue weighted by Gasteiger charge is 2.30. The summed E-state index contributed by atoms with van der Waals surface area (Å²) in [6.07, 6.45) is 9.01. The third-order valence-corrected chi connectivity index (χ3v) is 9.21. The molecule has 39 heavy (non-hydrogen) atoms. The number of fused-ring (bicyclic) bond motifs is 1. The van der Waals surface area contributed by atoms with Gasteiger partial charge in [-0.15, -0.1) is 0 Å². The number of nitrogens with two attached hydrogens (primary N) is 1. The summed E-state index contributed by atoms with van der Waals surface area (Å²) < 4.78 is 40.4. The molecule has 2 aromatic heterocycles. The van der Waals surface area contributed by atoms with Gasteiger partial charge in [0.2, 0.25) is 10.0 Å². The van der Waals surface area contributed by atoms with Crippen LogP contribution < -0.4 is 16.0 Å². The Hall–Kier alpha value is -3.15. The van der Waals surface area contributed by atoms with Crippen molar-refractivity contribution in [2.75, 3.05) is 36.1 Å². The van der Waals surface area contributed by atoms with Gasteiger partial charge in [0.15, 0.2) is 0 Å². The number of halogens is 1. The molecule has 3 N–H and O–H groups in total. The number of sulfonamides is 1. The molecule has 1 aromatic carbocycles. The number of hydrogen-bond acceptors (Lipinski definition) is 7. The summed E-state index contributed by atoms with van der Waals surface area (Å²) in [5.41, 5.74) is 9.12. The van der Waals surface area contributed by atoms with E-state index in [9.17, 15) is 17.6 Å². The highest BCUT2D eigenvalue weighted by atomic mass is 32.2. The Balaban J connectivity index is 1.41. The fourth-order valence-electron chi connectivity index (χ4n) is 6.09. The van der Waals surface area contributed by atoms with Gasteiger partial charge in [0, 0.05) is 43.3 Å². The lowest BCUT2D eigenvalue weighted by Gasteiger charge is -2.40. The molecule has 0 radical (unpaired) electrons. The molecule has 2 aliphatic rings. The van der Waals surface area contributed by atoms with Gasteiger partial charge in [-0.2, -0.15) is 4.31 Å². The Labute approximate surface area is 228 Å². The van der Waals surface area contributed by atoms with E-state index in [1.807, 2.05) is 17.9 Å². The largest absolute Gasteiger partial charge is 0.365 e. The number of nitrogens with zero attached hydrogens (tertiary/aromatic N) is 4. The lowest BCUT2D eigenvalue weighted by Crippen LogP contribution is -2.53. The molecule has 5 rings (SSSR count). The fraction of sp³-hybridized carbons (Fsp3) is 0.464. The first-order valence-corrected chi connectivity index (χ1v) is 15.2. The number of carbonyl (C=O) groups excluding carboxylic acids is 1. The number of hydrogen-bond donors (Lipinski definition) is 2. The molecular formula is C28H35FN6O3S. The molecular weight excluding hydrogens is 519 g/mol. The number of benzene rings is 1. The zero-order chi connectivity index (χ0) is 27.9. The Morgan fingerprint density at radius 1 is 1.13 bits per heavy atom. The van der Waals surface area contributed by atoms with E-state index in [1.54, 1.807) is 24.7 Å². The van der Waals surface area contributed by atoms with Crippen LogP contribution in [-0.2, 0) is 10.0 Å². The molecule has 11 heteroatoms. The zero-order valence-electron chi connectivity index (χ0n) is 22.5. The summed E-state index contributed by atoms with van der Waals surface area (Å²) in [5.74, 6) is -0.159. The first-order chi connectivity index (χ1) is 18.5. The maximum atomic E-state index is 15.0. The number of amides is 1. The van der Waals surface area contributed by atoms with Gasteiger partial charge in [-0.3, -0.25) is 14.8 Å². The molecule has 1 saturated heterocycles. The molecule has 3 heterocycles. The predicted molar refractivity (Wildman–Crippen MR) is 151 cm³/mol. The van der Waals surface area contributed by atoms with Crippen molar-refractivity contribution >= 4 is 38.2 Å². The van der Waals surface area contributed by atoms with Crippen LogP contribution in [0.25, 0.3) is 10.9 Å². The molecule has 1 aliphatic carbocycles. The molecule has 1 aliphatic heterocycles. The van der Waals surface area contributed by atoms with Crippen LogP contribution in [0.1, 0.15) is 54.9 Å². The van der Waals surface area contributed by atoms with Crippen molar-refractivity contribution in [2.45, 2.75) is 51.1 Å². The van der Waals surface area contributed by atoms with E-state index in [0.717, 1.165) is 24.8 Å². The highest BCUT2D eigenvalue weighted by molar-refractivity contribution is 7.88. The van der Waals surface area contributed by atoms with Crippen molar-refractivity contribution in [2.24, 2.45) is 11.7 Å². The van der Waals surface area contributed by atoms with Gasteiger partial charge in [-0.1, -0.05) is 6.92 Å². The van der Waals surface area contributed by atoms with E-state index in [-0.39, 0.29) is 34.5 Å². The number of piperazine rings is 1. The lowest BCUT2D eigenvalue weighted by atomic mass is 9.76. The number of pyridine rings is 2. The quantitative estimate of drug-likeness (QED) is 0.493. The van der Waals surface area contributed by atoms with Crippen molar-refractivity contribution in [3.05, 3.63) is 59.8 Å². The molecule has 3 aromatic rings. The van der Waals surface area contributed by atoms with Crippen LogP contribution in [0.15, 0.2) is 42.9 Å². The summed E-state index contributed by atoms with van der Waals surface area (Å²) in [6, 6.07) is 6.33. The van der Waals surface area contributed by atoms with E-state index in [1.165, 1.54) is 22.7 Å². The number of aromatic nitrogens is 2. The van der Waals surface area contributed by atoms with E-state index in [2.05, 4.69) is 22.2 Å². The van der Waals surface area contributed by atoms with Crippen LogP contribution in [0.3, 0.4) is 0 Å². The van der Waals surface area contributed by atoms with Crippen LogP contribution >= 0.6 is 0 Å². The Bertz CT molecular complexity index is 1490. The van der Waals surface area contributed by atoms with Crippen LogP contribution in [0.2, 0.25) is 0 Å². The topological polar surface area (TPSA) is 122 Å². The fourth-order valence-corrected chi connectivity index (χ4v) is 6.99. The van der Waals surface area contributed by atoms with Gasteiger partial charge in [0.05, 0.1) is 41.1 Å². The monoisotopic (exact) mass is 554 g/mol. The summed E-state index contributed by atoms with van der Waals surface area (Å²) >= 11 is 0. The average Bonchev–Trinajstić information content (AvgIpc) is 2.88. The normalized spacial score (nSPS) is 24.6. The molecule has 1 saturated carbocycles. The van der Waals surface area contributed by atoms with Crippen LogP contribution in [0, 0.1) is 11.7 Å². The maximum Gasteiger partial charge on any atom is 0.257 e. The third kappa shape index (κ3) is 5.75. The van der Waals surface area contributed by atoms with Crippen molar-refractivity contribution in [3.63, 3.8) is 0 Å². The van der Waals surface area contributed by atoms with E-state index in [0.29, 0.717) is 36.9 Å². The van der Waals surface area contributed by atoms with Gasteiger partial charge in [0.1, 0.15) is 5.82 Å². The number of nitrogens with one attached hydrogen (secondary N) is 1. The minimum Gasteiger partial charge on any atom is -0.365 e. The second-order valence-corrected chi connectivity index (χ2v) is 13.0. The first kappa shape index (κ1) is 27.4. The van der Waals surface area contributed by atoms with Crippen LogP contribution in [-0.4, -0.2) is 66.6 Å². The van der Waals surface area contributed by atoms with Crippen molar-refractivity contribution < 1.29 is 17.6 Å². The molecule has 2 fully saturated rings. The maximum absolute atomic E-state index is 15.0. The van der Waals surface area contributed by atoms with E-state index in [4.69, 9.17) is 5.73 Å². The number of rotatable bonds is 5. The lowest BCUT2D eigenvalue weighted by molar-refractivity contribution is 0.102. The van der Waals surface area contributed by atoms with E-state index >= 15 is 0 Å². The van der Waals surface area contributed by atoms with Gasteiger partial charge in [-0.05, 0) is 67.9 Å².